The number of hydrogen-bond donors (Lipinski definition) is 0. The molecule has 2 amide bonds. The van der Waals surface area contributed by atoms with Gasteiger partial charge in [-0.25, -0.2) is 9.29 Å². The van der Waals surface area contributed by atoms with Crippen LogP contribution in [0.2, 0.25) is 5.02 Å². The molecule has 1 heterocycles. The van der Waals surface area contributed by atoms with Crippen molar-refractivity contribution in [1.82, 2.24) is 0 Å². The largest absolute Gasteiger partial charge is 0.269 e. The molecule has 82 valence electrons. The van der Waals surface area contributed by atoms with Crippen LogP contribution in [0.5, 0.6) is 0 Å². The average Bonchev–Trinajstić information content (AvgIpc) is 2.46. The Morgan fingerprint density at radius 2 is 2.00 bits per heavy atom. The predicted molar refractivity (Wildman–Crippen MR) is 57.7 cm³/mol. The van der Waals surface area contributed by atoms with Crippen LogP contribution in [0.15, 0.2) is 29.8 Å². The Morgan fingerprint density at radius 3 is 2.56 bits per heavy atom. The molecular formula is C11H7ClFNO2. The molecule has 0 saturated carbocycles. The van der Waals surface area contributed by atoms with E-state index in [2.05, 4.69) is 0 Å². The Kier molecular flexibility index (Phi) is 2.52. The van der Waals surface area contributed by atoms with Gasteiger partial charge in [0.2, 0.25) is 0 Å². The van der Waals surface area contributed by atoms with E-state index in [1.54, 1.807) is 0 Å². The molecule has 1 aromatic rings. The van der Waals surface area contributed by atoms with Crippen molar-refractivity contribution in [2.45, 2.75) is 6.92 Å². The summed E-state index contributed by atoms with van der Waals surface area (Å²) in [6, 6.07) is 3.53. The lowest BCUT2D eigenvalue weighted by Gasteiger charge is -2.15. The summed E-state index contributed by atoms with van der Waals surface area (Å²) >= 11 is 5.82. The van der Waals surface area contributed by atoms with Crippen LogP contribution in [0.25, 0.3) is 0 Å². The molecule has 0 spiro atoms. The highest BCUT2D eigenvalue weighted by Crippen LogP contribution is 2.30. The van der Waals surface area contributed by atoms with Crippen LogP contribution in [-0.4, -0.2) is 11.8 Å². The zero-order valence-corrected chi connectivity index (χ0v) is 9.08. The van der Waals surface area contributed by atoms with Crippen molar-refractivity contribution >= 4 is 29.1 Å². The third kappa shape index (κ3) is 1.61. The van der Waals surface area contributed by atoms with Gasteiger partial charge in [-0.2, -0.15) is 0 Å². The van der Waals surface area contributed by atoms with Gasteiger partial charge in [-0.1, -0.05) is 11.6 Å². The molecule has 0 aromatic heterocycles. The first-order chi connectivity index (χ1) is 7.50. The number of rotatable bonds is 1. The topological polar surface area (TPSA) is 37.4 Å². The fraction of sp³-hybridized carbons (Fsp3) is 0.0909. The number of anilines is 1. The van der Waals surface area contributed by atoms with Gasteiger partial charge in [-0.15, -0.1) is 0 Å². The van der Waals surface area contributed by atoms with Gasteiger partial charge in [0.1, 0.15) is 5.82 Å². The Hall–Kier alpha value is -1.68. The van der Waals surface area contributed by atoms with Crippen LogP contribution < -0.4 is 4.90 Å². The second kappa shape index (κ2) is 3.72. The molecule has 0 N–H and O–H groups in total. The van der Waals surface area contributed by atoms with Crippen molar-refractivity contribution < 1.29 is 14.0 Å². The van der Waals surface area contributed by atoms with Crippen LogP contribution in [0.3, 0.4) is 0 Å². The molecule has 0 saturated heterocycles. The molecule has 3 nitrogen and oxygen atoms in total. The number of halogens is 2. The van der Waals surface area contributed by atoms with E-state index in [1.165, 1.54) is 19.1 Å². The molecule has 1 aromatic carbocycles. The third-order valence-corrected chi connectivity index (χ3v) is 2.57. The summed E-state index contributed by atoms with van der Waals surface area (Å²) < 4.78 is 13.0. The number of carbonyl (C=O) groups excluding carboxylic acids is 2. The van der Waals surface area contributed by atoms with E-state index in [4.69, 9.17) is 11.6 Å². The molecular weight excluding hydrogens is 233 g/mol. The standard InChI is InChI=1S/C11H7ClFNO2/c1-6-4-10(15)14(11(6)16)9-5-7(13)2-3-8(9)12/h2-5H,1H3. The van der Waals surface area contributed by atoms with E-state index < -0.39 is 17.6 Å². The Balaban J connectivity index is 2.50. The molecule has 0 bridgehead atoms. The lowest BCUT2D eigenvalue weighted by Crippen LogP contribution is -2.30. The maximum atomic E-state index is 13.0. The zero-order valence-electron chi connectivity index (χ0n) is 8.33. The van der Waals surface area contributed by atoms with E-state index in [1.807, 2.05) is 0 Å². The molecule has 2 rings (SSSR count). The van der Waals surface area contributed by atoms with Gasteiger partial charge in [0.25, 0.3) is 11.8 Å². The zero-order chi connectivity index (χ0) is 11.9. The minimum absolute atomic E-state index is 0.0739. The number of amides is 2. The van der Waals surface area contributed by atoms with E-state index in [-0.39, 0.29) is 10.7 Å². The number of carbonyl (C=O) groups is 2. The molecule has 0 atom stereocenters. The van der Waals surface area contributed by atoms with E-state index in [0.29, 0.717) is 5.57 Å². The summed E-state index contributed by atoms with van der Waals surface area (Å²) in [5.41, 5.74) is 0.384. The van der Waals surface area contributed by atoms with Crippen LogP contribution in [0, 0.1) is 5.82 Å². The van der Waals surface area contributed by atoms with Crippen LogP contribution in [-0.2, 0) is 9.59 Å². The summed E-state index contributed by atoms with van der Waals surface area (Å²) in [5, 5.41) is 0.159. The van der Waals surface area contributed by atoms with Gasteiger partial charge in [0.15, 0.2) is 0 Å². The van der Waals surface area contributed by atoms with Gasteiger partial charge in [0, 0.05) is 11.6 Å². The fourth-order valence-corrected chi connectivity index (χ4v) is 1.68. The first-order valence-electron chi connectivity index (χ1n) is 4.52. The van der Waals surface area contributed by atoms with Crippen molar-refractivity contribution in [3.63, 3.8) is 0 Å². The van der Waals surface area contributed by atoms with Gasteiger partial charge in [-0.3, -0.25) is 9.59 Å². The summed E-state index contributed by atoms with van der Waals surface area (Å²) in [6.45, 7) is 1.52. The summed E-state index contributed by atoms with van der Waals surface area (Å²) in [7, 11) is 0. The Labute approximate surface area is 96.1 Å². The first kappa shape index (κ1) is 10.8. The van der Waals surface area contributed by atoms with Crippen molar-refractivity contribution in [3.8, 4) is 0 Å². The second-order valence-corrected chi connectivity index (χ2v) is 3.81. The minimum atomic E-state index is -0.551. The van der Waals surface area contributed by atoms with Crippen molar-refractivity contribution in [2.75, 3.05) is 4.90 Å². The van der Waals surface area contributed by atoms with Crippen molar-refractivity contribution in [1.29, 1.82) is 0 Å². The third-order valence-electron chi connectivity index (χ3n) is 2.25. The molecule has 0 aliphatic carbocycles. The van der Waals surface area contributed by atoms with Crippen molar-refractivity contribution in [3.05, 3.63) is 40.7 Å². The minimum Gasteiger partial charge on any atom is -0.269 e. The van der Waals surface area contributed by atoms with Gasteiger partial charge in [0.05, 0.1) is 10.7 Å². The maximum absolute atomic E-state index is 13.0. The molecule has 16 heavy (non-hydrogen) atoms. The fourth-order valence-electron chi connectivity index (χ4n) is 1.47. The van der Waals surface area contributed by atoms with E-state index >= 15 is 0 Å². The number of hydrogen-bond acceptors (Lipinski definition) is 2. The van der Waals surface area contributed by atoms with E-state index in [9.17, 15) is 14.0 Å². The number of nitrogens with zero attached hydrogens (tertiary/aromatic N) is 1. The predicted octanol–water partition coefficient (Wildman–Crippen LogP) is 2.30. The summed E-state index contributed by atoms with van der Waals surface area (Å²) in [5.74, 6) is -1.53. The monoisotopic (exact) mass is 239 g/mol. The Bertz CT molecular complexity index is 525. The number of benzene rings is 1. The maximum Gasteiger partial charge on any atom is 0.261 e. The molecule has 1 aliphatic heterocycles. The quantitative estimate of drug-likeness (QED) is 0.705. The average molecular weight is 240 g/mol. The summed E-state index contributed by atoms with van der Waals surface area (Å²) in [6.07, 6.45) is 1.20. The second-order valence-electron chi connectivity index (χ2n) is 3.40. The number of imide groups is 1. The van der Waals surface area contributed by atoms with E-state index in [0.717, 1.165) is 17.0 Å². The highest BCUT2D eigenvalue weighted by atomic mass is 35.5. The highest BCUT2D eigenvalue weighted by molar-refractivity contribution is 6.38. The van der Waals surface area contributed by atoms with Crippen LogP contribution >= 0.6 is 11.6 Å². The van der Waals surface area contributed by atoms with Gasteiger partial charge >= 0.3 is 0 Å². The molecule has 0 radical (unpaired) electrons. The summed E-state index contributed by atoms with van der Waals surface area (Å²) in [4.78, 5) is 24.0. The SMILES string of the molecule is CC1=CC(=O)N(c2cc(F)ccc2Cl)C1=O. The normalized spacial score (nSPS) is 15.7. The van der Waals surface area contributed by atoms with Crippen molar-refractivity contribution in [2.24, 2.45) is 0 Å². The lowest BCUT2D eigenvalue weighted by atomic mass is 10.2. The lowest BCUT2D eigenvalue weighted by molar-refractivity contribution is -0.120. The highest BCUT2D eigenvalue weighted by Gasteiger charge is 2.31. The molecule has 5 heteroatoms. The van der Waals surface area contributed by atoms with Gasteiger partial charge in [-0.05, 0) is 25.1 Å². The molecule has 1 aliphatic rings. The Morgan fingerprint density at radius 1 is 1.31 bits per heavy atom. The van der Waals surface area contributed by atoms with Gasteiger partial charge < -0.3 is 0 Å². The van der Waals surface area contributed by atoms with Crippen LogP contribution in [0.1, 0.15) is 6.92 Å². The van der Waals surface area contributed by atoms with Crippen LogP contribution in [0.4, 0.5) is 10.1 Å². The molecule has 0 fully saturated rings. The smallest absolute Gasteiger partial charge is 0.261 e. The molecule has 0 unspecified atom stereocenters. The first-order valence-corrected chi connectivity index (χ1v) is 4.90.